The summed E-state index contributed by atoms with van der Waals surface area (Å²) in [7, 11) is 0. The Balaban J connectivity index is 0. The van der Waals surface area contributed by atoms with Crippen LogP contribution >= 0.6 is 23.2 Å². The van der Waals surface area contributed by atoms with Crippen LogP contribution in [-0.4, -0.2) is 4.84 Å². The largest absolute Gasteiger partial charge is 0.106 e. The molecule has 0 amide bonds. The molecule has 36 valence electrons. The van der Waals surface area contributed by atoms with E-state index in [9.17, 15) is 0 Å². The minimum atomic E-state index is -0.222. The summed E-state index contributed by atoms with van der Waals surface area (Å²) in [5.74, 6) is 0. The monoisotopic (exact) mass is 204 g/mol. The molecule has 0 aliphatic rings. The van der Waals surface area contributed by atoms with E-state index in [-0.39, 0.29) is 25.3 Å². The molecule has 0 unspecified atom stereocenters. The van der Waals surface area contributed by atoms with Gasteiger partial charge in [0, 0.05) is 20.4 Å². The number of hydrogen-bond donors (Lipinski definition) is 0. The van der Waals surface area contributed by atoms with Gasteiger partial charge in [0.1, 0.15) is 4.84 Å². The van der Waals surface area contributed by atoms with Gasteiger partial charge in [0.25, 0.3) is 0 Å². The van der Waals surface area contributed by atoms with Crippen molar-refractivity contribution in [2.24, 2.45) is 0 Å². The van der Waals surface area contributed by atoms with Crippen LogP contribution in [0.4, 0.5) is 0 Å². The summed E-state index contributed by atoms with van der Waals surface area (Å²) in [5.41, 5.74) is 0. The van der Waals surface area contributed by atoms with Gasteiger partial charge in [-0.05, 0) is 6.92 Å². The maximum atomic E-state index is 5.04. The molecule has 0 saturated heterocycles. The van der Waals surface area contributed by atoms with Gasteiger partial charge in [-0.1, -0.05) is 0 Å². The Hall–Kier alpha value is 1.24. The Labute approximate surface area is 55.5 Å². The molecule has 0 aromatic carbocycles. The van der Waals surface area contributed by atoms with Gasteiger partial charge in [-0.3, -0.25) is 0 Å². The third-order valence-electron chi connectivity index (χ3n) is 0. The van der Waals surface area contributed by atoms with E-state index in [1.54, 1.807) is 6.92 Å². The van der Waals surface area contributed by atoms with Gasteiger partial charge in [0.05, 0.1) is 0 Å². The quantitative estimate of drug-likeness (QED) is 0.418. The van der Waals surface area contributed by atoms with Crippen LogP contribution in [0.3, 0.4) is 0 Å². The summed E-state index contributed by atoms with van der Waals surface area (Å²) in [5, 5.41) is 0. The van der Waals surface area contributed by atoms with Crippen molar-refractivity contribution in [3.8, 4) is 0 Å². The summed E-state index contributed by atoms with van der Waals surface area (Å²) in [6.07, 6.45) is 0. The van der Waals surface area contributed by atoms with E-state index < -0.39 is 0 Å². The van der Waals surface area contributed by atoms with E-state index in [0.29, 0.717) is 0 Å². The third kappa shape index (κ3) is 35.7. The molecule has 0 aromatic rings. The molecule has 0 spiro atoms. The van der Waals surface area contributed by atoms with E-state index in [4.69, 9.17) is 23.2 Å². The smallest absolute Gasteiger partial charge is 0.105 e. The molecular weight excluding hydrogens is 201 g/mol. The first-order valence-corrected chi connectivity index (χ1v) is 1.89. The van der Waals surface area contributed by atoms with Gasteiger partial charge >= 0.3 is 0 Å². The molecule has 0 aliphatic heterocycles. The standard InChI is InChI=1S/C2H4Cl2.Pd/c1-2(3)4;/h2H,1H3;. The Bertz CT molecular complexity index is 12.4. The number of halogens is 2. The van der Waals surface area contributed by atoms with Crippen LogP contribution in [0.25, 0.3) is 0 Å². The average molecular weight is 205 g/mol. The zero-order valence-electron chi connectivity index (χ0n) is 2.65. The molecule has 0 saturated carbocycles. The van der Waals surface area contributed by atoms with Gasteiger partial charge in [-0.25, -0.2) is 0 Å². The molecule has 0 bridgehead atoms. The summed E-state index contributed by atoms with van der Waals surface area (Å²) >= 11 is 10.1. The summed E-state index contributed by atoms with van der Waals surface area (Å²) in [6, 6.07) is 0. The third-order valence-corrected chi connectivity index (χ3v) is 0. The predicted octanol–water partition coefficient (Wildman–Crippen LogP) is 1.81. The number of hydrogen-bond acceptors (Lipinski definition) is 0. The van der Waals surface area contributed by atoms with E-state index in [0.717, 1.165) is 0 Å². The van der Waals surface area contributed by atoms with Crippen LogP contribution in [-0.2, 0) is 20.4 Å². The average Bonchev–Trinajstić information content (AvgIpc) is 0.811. The summed E-state index contributed by atoms with van der Waals surface area (Å²) in [4.78, 5) is -0.222. The minimum absolute atomic E-state index is 0. The van der Waals surface area contributed by atoms with Gasteiger partial charge in [0.2, 0.25) is 0 Å². The van der Waals surface area contributed by atoms with Crippen LogP contribution in [0.1, 0.15) is 6.92 Å². The zero-order valence-corrected chi connectivity index (χ0v) is 5.72. The van der Waals surface area contributed by atoms with E-state index >= 15 is 0 Å². The van der Waals surface area contributed by atoms with Gasteiger partial charge in [0.15, 0.2) is 0 Å². The second kappa shape index (κ2) is 5.24. The molecule has 0 aliphatic carbocycles. The molecule has 0 N–H and O–H groups in total. The molecule has 0 aromatic heterocycles. The fraction of sp³-hybridized carbons (Fsp3) is 1.00. The van der Waals surface area contributed by atoms with Crippen molar-refractivity contribution in [1.82, 2.24) is 0 Å². The molecule has 0 heterocycles. The number of rotatable bonds is 0. The van der Waals surface area contributed by atoms with Crippen LogP contribution < -0.4 is 0 Å². The van der Waals surface area contributed by atoms with Gasteiger partial charge < -0.3 is 0 Å². The summed E-state index contributed by atoms with van der Waals surface area (Å²) < 4.78 is 0. The van der Waals surface area contributed by atoms with Crippen molar-refractivity contribution >= 4 is 23.2 Å². The molecule has 0 atom stereocenters. The second-order valence-corrected chi connectivity index (χ2v) is 2.05. The Morgan fingerprint density at radius 3 is 1.40 bits per heavy atom. The first-order chi connectivity index (χ1) is 1.73. The van der Waals surface area contributed by atoms with Crippen molar-refractivity contribution in [3.63, 3.8) is 0 Å². The van der Waals surface area contributed by atoms with E-state index in [2.05, 4.69) is 0 Å². The Kier molecular flexibility index (Phi) is 9.99. The molecule has 3 heteroatoms. The predicted molar refractivity (Wildman–Crippen MR) is 21.2 cm³/mol. The van der Waals surface area contributed by atoms with Crippen LogP contribution in [0.5, 0.6) is 0 Å². The second-order valence-electron chi connectivity index (χ2n) is 0.519. The van der Waals surface area contributed by atoms with Crippen molar-refractivity contribution in [1.29, 1.82) is 0 Å². The SMILES string of the molecule is CC(Cl)Cl.[Pd]. The van der Waals surface area contributed by atoms with Crippen molar-refractivity contribution < 1.29 is 20.4 Å². The molecular formula is C2H4Cl2Pd. The van der Waals surface area contributed by atoms with Crippen molar-refractivity contribution in [3.05, 3.63) is 0 Å². The van der Waals surface area contributed by atoms with Crippen molar-refractivity contribution in [2.75, 3.05) is 0 Å². The fourth-order valence-electron chi connectivity index (χ4n) is 0. The van der Waals surface area contributed by atoms with E-state index in [1.807, 2.05) is 0 Å². The molecule has 0 rings (SSSR count). The maximum absolute atomic E-state index is 5.04. The molecule has 5 heavy (non-hydrogen) atoms. The van der Waals surface area contributed by atoms with Crippen molar-refractivity contribution in [2.45, 2.75) is 11.8 Å². The van der Waals surface area contributed by atoms with Gasteiger partial charge in [-0.2, -0.15) is 0 Å². The Morgan fingerprint density at radius 1 is 1.40 bits per heavy atom. The molecule has 0 fully saturated rings. The molecule has 0 nitrogen and oxygen atoms in total. The van der Waals surface area contributed by atoms with Crippen LogP contribution in [0, 0.1) is 0 Å². The number of alkyl halides is 2. The first-order valence-electron chi connectivity index (χ1n) is 1.01. The first kappa shape index (κ1) is 9.53. The van der Waals surface area contributed by atoms with Crippen LogP contribution in [0.2, 0.25) is 0 Å². The summed E-state index contributed by atoms with van der Waals surface area (Å²) in [6.45, 7) is 1.70. The minimum Gasteiger partial charge on any atom is -0.106 e. The van der Waals surface area contributed by atoms with Gasteiger partial charge in [-0.15, -0.1) is 23.2 Å². The Morgan fingerprint density at radius 2 is 1.40 bits per heavy atom. The maximum Gasteiger partial charge on any atom is 0.105 e. The fourth-order valence-corrected chi connectivity index (χ4v) is 0. The topological polar surface area (TPSA) is 0 Å². The van der Waals surface area contributed by atoms with Crippen LogP contribution in [0.15, 0.2) is 0 Å². The zero-order chi connectivity index (χ0) is 3.58. The van der Waals surface area contributed by atoms with E-state index in [1.165, 1.54) is 0 Å². The molecule has 0 radical (unpaired) electrons. The normalized spacial score (nSPS) is 7.20.